The third-order valence-electron chi connectivity index (χ3n) is 6.47. The van der Waals surface area contributed by atoms with Crippen molar-refractivity contribution in [2.24, 2.45) is 23.2 Å². The van der Waals surface area contributed by atoms with E-state index in [0.717, 1.165) is 13.0 Å². The fourth-order valence-electron chi connectivity index (χ4n) is 5.47. The van der Waals surface area contributed by atoms with Crippen molar-refractivity contribution in [2.75, 3.05) is 6.61 Å². The monoisotopic (exact) mass is 250 g/mol. The van der Waals surface area contributed by atoms with Crippen molar-refractivity contribution < 1.29 is 14.3 Å². The molecule has 0 N–H and O–H groups in total. The fourth-order valence-corrected chi connectivity index (χ4v) is 5.47. The largest absolute Gasteiger partial charge is 0.374 e. The molecule has 2 saturated carbocycles. The van der Waals surface area contributed by atoms with Crippen molar-refractivity contribution in [2.45, 2.75) is 57.8 Å². The summed E-state index contributed by atoms with van der Waals surface area (Å²) in [5.41, 5.74) is -0.139. The zero-order valence-electron chi connectivity index (χ0n) is 11.4. The number of carbonyl (C=O) groups is 1. The molecule has 5 aliphatic rings. The molecule has 1 spiro atoms. The first kappa shape index (κ1) is 11.4. The molecule has 3 heteroatoms. The molecule has 3 saturated heterocycles. The second-order valence-electron chi connectivity index (χ2n) is 7.11. The summed E-state index contributed by atoms with van der Waals surface area (Å²) < 4.78 is 12.2. The summed E-state index contributed by atoms with van der Waals surface area (Å²) in [6, 6.07) is 0. The van der Waals surface area contributed by atoms with Gasteiger partial charge in [0.15, 0.2) is 0 Å². The van der Waals surface area contributed by atoms with Crippen LogP contribution < -0.4 is 0 Å². The van der Waals surface area contributed by atoms with Crippen molar-refractivity contribution in [3.8, 4) is 0 Å². The number of Topliss-reactive ketones (excluding diaryl/α,β-unsaturated/α-hetero) is 1. The van der Waals surface area contributed by atoms with Crippen molar-refractivity contribution in [3.05, 3.63) is 0 Å². The van der Waals surface area contributed by atoms with Gasteiger partial charge in [-0.1, -0.05) is 20.8 Å². The topological polar surface area (TPSA) is 38.8 Å². The van der Waals surface area contributed by atoms with Gasteiger partial charge in [-0.25, -0.2) is 0 Å². The number of hydrogen-bond donors (Lipinski definition) is 0. The standard InChI is InChI=1S/C15H22O3/c1-8-7-17-12-6-10(16)13(8)14(3)9(2)4-5-11-15(12,14)18-11/h8-9,11-13H,4-7H2,1-3H3/t8-,9+,11-,12-,13+,14+,15+/m1/s1. The number of epoxide rings is 1. The predicted octanol–water partition coefficient (Wildman–Crippen LogP) is 2.18. The van der Waals surface area contributed by atoms with E-state index in [0.29, 0.717) is 30.1 Å². The summed E-state index contributed by atoms with van der Waals surface area (Å²) in [6.45, 7) is 7.51. The Labute approximate surface area is 108 Å². The van der Waals surface area contributed by atoms with Crippen molar-refractivity contribution in [3.63, 3.8) is 0 Å². The predicted molar refractivity (Wildman–Crippen MR) is 66.1 cm³/mol. The highest BCUT2D eigenvalue weighted by Gasteiger charge is 2.79. The van der Waals surface area contributed by atoms with Gasteiger partial charge < -0.3 is 9.47 Å². The zero-order valence-corrected chi connectivity index (χ0v) is 11.4. The van der Waals surface area contributed by atoms with E-state index in [9.17, 15) is 4.79 Å². The Balaban J connectivity index is 1.90. The van der Waals surface area contributed by atoms with Gasteiger partial charge in [0.2, 0.25) is 0 Å². The Morgan fingerprint density at radius 1 is 1.22 bits per heavy atom. The van der Waals surface area contributed by atoms with Gasteiger partial charge in [-0.15, -0.1) is 0 Å². The molecule has 0 unspecified atom stereocenters. The summed E-state index contributed by atoms with van der Waals surface area (Å²) in [5, 5.41) is 0. The lowest BCUT2D eigenvalue weighted by Crippen LogP contribution is -2.62. The normalized spacial score (nSPS) is 61.9. The average molecular weight is 250 g/mol. The van der Waals surface area contributed by atoms with E-state index in [4.69, 9.17) is 9.47 Å². The molecule has 0 aromatic carbocycles. The molecule has 100 valence electrons. The maximum absolute atomic E-state index is 12.5. The molecule has 0 aromatic heterocycles. The maximum atomic E-state index is 12.5. The van der Waals surface area contributed by atoms with Crippen LogP contribution in [0.1, 0.15) is 40.0 Å². The minimum absolute atomic E-state index is 0.00810. The molecule has 3 heterocycles. The summed E-state index contributed by atoms with van der Waals surface area (Å²) in [7, 11) is 0. The molecule has 7 atom stereocenters. The van der Waals surface area contributed by atoms with Crippen LogP contribution in [0.4, 0.5) is 0 Å². The van der Waals surface area contributed by atoms with Crippen LogP contribution in [0, 0.1) is 23.2 Å². The number of fused-ring (bicyclic) bond motifs is 3. The molecule has 2 bridgehead atoms. The summed E-state index contributed by atoms with van der Waals surface area (Å²) >= 11 is 0. The van der Waals surface area contributed by atoms with Gasteiger partial charge in [0.05, 0.1) is 18.8 Å². The van der Waals surface area contributed by atoms with Crippen LogP contribution in [-0.2, 0) is 14.3 Å². The molecule has 3 nitrogen and oxygen atoms in total. The first-order valence-electron chi connectivity index (χ1n) is 7.34. The molecule has 3 aliphatic heterocycles. The lowest BCUT2D eigenvalue weighted by Gasteiger charge is -2.53. The van der Waals surface area contributed by atoms with Gasteiger partial charge in [-0.3, -0.25) is 4.79 Å². The second kappa shape index (κ2) is 3.18. The smallest absolute Gasteiger partial charge is 0.139 e. The van der Waals surface area contributed by atoms with Crippen LogP contribution in [0.2, 0.25) is 0 Å². The van der Waals surface area contributed by atoms with Gasteiger partial charge in [0.1, 0.15) is 11.4 Å². The molecule has 0 radical (unpaired) electrons. The van der Waals surface area contributed by atoms with Crippen molar-refractivity contribution in [1.29, 1.82) is 0 Å². The van der Waals surface area contributed by atoms with E-state index < -0.39 is 0 Å². The van der Waals surface area contributed by atoms with Crippen LogP contribution in [0.5, 0.6) is 0 Å². The second-order valence-corrected chi connectivity index (χ2v) is 7.11. The van der Waals surface area contributed by atoms with Gasteiger partial charge in [-0.2, -0.15) is 0 Å². The number of ketones is 1. The van der Waals surface area contributed by atoms with Gasteiger partial charge in [0.25, 0.3) is 0 Å². The first-order valence-corrected chi connectivity index (χ1v) is 7.34. The molecule has 0 amide bonds. The molecule has 0 aromatic rings. The molecule has 5 fully saturated rings. The Morgan fingerprint density at radius 3 is 2.78 bits per heavy atom. The fraction of sp³-hybridized carbons (Fsp3) is 0.933. The van der Waals surface area contributed by atoms with Crippen LogP contribution in [0.15, 0.2) is 0 Å². The Hall–Kier alpha value is -0.410. The highest BCUT2D eigenvalue weighted by atomic mass is 16.6. The van der Waals surface area contributed by atoms with Crippen molar-refractivity contribution in [1.82, 2.24) is 0 Å². The van der Waals surface area contributed by atoms with Crippen molar-refractivity contribution >= 4 is 5.78 Å². The van der Waals surface area contributed by atoms with Crippen LogP contribution in [0.25, 0.3) is 0 Å². The van der Waals surface area contributed by atoms with Gasteiger partial charge in [-0.05, 0) is 24.7 Å². The minimum atomic E-state index is -0.131. The first-order chi connectivity index (χ1) is 8.51. The Kier molecular flexibility index (Phi) is 2.02. The SMILES string of the molecule is C[C@@H]1CO[C@@H]2CC(=O)[C@H]1[C@]1(C)[C@@H](C)CC[C@H]3O[C@]231. The molecular formula is C15H22O3. The van der Waals surface area contributed by atoms with E-state index in [1.54, 1.807) is 0 Å². The highest BCUT2D eigenvalue weighted by molar-refractivity contribution is 5.85. The third kappa shape index (κ3) is 1.00. The van der Waals surface area contributed by atoms with Crippen LogP contribution in [-0.4, -0.2) is 30.2 Å². The summed E-state index contributed by atoms with van der Waals surface area (Å²) in [6.07, 6.45) is 3.28. The zero-order chi connectivity index (χ0) is 12.7. The lowest BCUT2D eigenvalue weighted by atomic mass is 9.48. The minimum Gasteiger partial charge on any atom is -0.374 e. The van der Waals surface area contributed by atoms with E-state index in [2.05, 4.69) is 20.8 Å². The highest BCUT2D eigenvalue weighted by Crippen LogP contribution is 2.70. The molecule has 5 rings (SSSR count). The lowest BCUT2D eigenvalue weighted by molar-refractivity contribution is -0.150. The van der Waals surface area contributed by atoms with Crippen LogP contribution >= 0.6 is 0 Å². The molecule has 18 heavy (non-hydrogen) atoms. The van der Waals surface area contributed by atoms with E-state index >= 15 is 0 Å². The Bertz CT molecular complexity index is 420. The maximum Gasteiger partial charge on any atom is 0.139 e. The molecular weight excluding hydrogens is 228 g/mol. The quantitative estimate of drug-likeness (QED) is 0.619. The number of ether oxygens (including phenoxy) is 2. The number of hydrogen-bond acceptors (Lipinski definition) is 3. The van der Waals surface area contributed by atoms with E-state index in [1.807, 2.05) is 0 Å². The van der Waals surface area contributed by atoms with Gasteiger partial charge in [0, 0.05) is 17.8 Å². The van der Waals surface area contributed by atoms with E-state index in [1.165, 1.54) is 6.42 Å². The molecule has 2 aliphatic carbocycles. The summed E-state index contributed by atoms with van der Waals surface area (Å²) in [4.78, 5) is 12.5. The van der Waals surface area contributed by atoms with Crippen LogP contribution in [0.3, 0.4) is 0 Å². The Morgan fingerprint density at radius 2 is 2.00 bits per heavy atom. The number of carbonyl (C=O) groups excluding carboxylic acids is 1. The van der Waals surface area contributed by atoms with Gasteiger partial charge >= 0.3 is 0 Å². The van der Waals surface area contributed by atoms with E-state index in [-0.39, 0.29) is 23.0 Å². The average Bonchev–Trinajstić information content (AvgIpc) is 3.06. The third-order valence-corrected chi connectivity index (χ3v) is 6.47. The number of rotatable bonds is 0. The summed E-state index contributed by atoms with van der Waals surface area (Å²) in [5.74, 6) is 1.44.